The molecule has 1 saturated heterocycles. The molecule has 4 rings (SSSR count). The van der Waals surface area contributed by atoms with Crippen molar-refractivity contribution in [2.75, 3.05) is 37.7 Å². The van der Waals surface area contributed by atoms with E-state index in [0.29, 0.717) is 44.0 Å². The van der Waals surface area contributed by atoms with Gasteiger partial charge in [-0.15, -0.1) is 0 Å². The second kappa shape index (κ2) is 14.3. The number of hydrogen-bond acceptors (Lipinski definition) is 7. The molecule has 0 spiro atoms. The van der Waals surface area contributed by atoms with Crippen molar-refractivity contribution in [2.24, 2.45) is 0 Å². The van der Waals surface area contributed by atoms with Crippen molar-refractivity contribution in [3.8, 4) is 17.6 Å². The number of nitrogens with one attached hydrogen (secondary N) is 2. The minimum Gasteiger partial charge on any atom is -0.463 e. The highest BCUT2D eigenvalue weighted by molar-refractivity contribution is 6.20. The molecule has 9 heteroatoms. The number of fused-ring (bicyclic) bond motifs is 1. The Kier molecular flexibility index (Phi) is 10.6. The van der Waals surface area contributed by atoms with Gasteiger partial charge in [-0.05, 0) is 49.2 Å². The number of aliphatic hydroxyl groups is 1. The van der Waals surface area contributed by atoms with Gasteiger partial charge in [-0.25, -0.2) is 9.69 Å². The van der Waals surface area contributed by atoms with Crippen LogP contribution >= 0.6 is 0 Å². The number of hydrogen-bond donors (Lipinski definition) is 3. The minimum absolute atomic E-state index is 0.00950. The number of anilines is 1. The number of aliphatic hydroxyl groups excluding tert-OH is 1. The van der Waals surface area contributed by atoms with Crippen LogP contribution in [0.3, 0.4) is 0 Å². The zero-order chi connectivity index (χ0) is 28.4. The fourth-order valence-electron chi connectivity index (χ4n) is 4.55. The molecule has 1 atom stereocenters. The van der Waals surface area contributed by atoms with Crippen LogP contribution in [0.25, 0.3) is 0 Å². The van der Waals surface area contributed by atoms with Gasteiger partial charge in [-0.3, -0.25) is 4.79 Å². The zero-order valence-corrected chi connectivity index (χ0v) is 23.3. The van der Waals surface area contributed by atoms with E-state index in [-0.39, 0.29) is 12.5 Å². The molecule has 214 valence electrons. The summed E-state index contributed by atoms with van der Waals surface area (Å²) in [4.78, 5) is 25.1. The molecular formula is C31H39N3O6. The van der Waals surface area contributed by atoms with Gasteiger partial charge < -0.3 is 30.0 Å². The summed E-state index contributed by atoms with van der Waals surface area (Å²) >= 11 is 0. The Morgan fingerprint density at radius 2 is 1.95 bits per heavy atom. The Balaban J connectivity index is 1.03. The van der Waals surface area contributed by atoms with E-state index in [1.54, 1.807) is 18.2 Å². The van der Waals surface area contributed by atoms with E-state index in [1.807, 2.05) is 38.1 Å². The van der Waals surface area contributed by atoms with Crippen LogP contribution in [0, 0.1) is 11.8 Å². The molecule has 1 fully saturated rings. The Bertz CT molecular complexity index is 1220. The molecule has 9 nitrogen and oxygen atoms in total. The molecule has 0 aliphatic carbocycles. The number of ether oxygens (including phenoxy) is 3. The molecule has 0 saturated carbocycles. The first-order valence-electron chi connectivity index (χ1n) is 13.9. The van der Waals surface area contributed by atoms with E-state index in [1.165, 1.54) is 0 Å². The lowest BCUT2D eigenvalue weighted by molar-refractivity contribution is -0.180. The fraction of sp³-hybridized carbons (Fsp3) is 0.484. The lowest BCUT2D eigenvalue weighted by atomic mass is 10.0. The second-order valence-corrected chi connectivity index (χ2v) is 10.4. The van der Waals surface area contributed by atoms with Crippen molar-refractivity contribution in [3.63, 3.8) is 0 Å². The van der Waals surface area contributed by atoms with Crippen LogP contribution in [-0.2, 0) is 20.9 Å². The van der Waals surface area contributed by atoms with Crippen molar-refractivity contribution in [1.29, 1.82) is 0 Å². The molecular weight excluding hydrogens is 510 g/mol. The fourth-order valence-corrected chi connectivity index (χ4v) is 4.55. The summed E-state index contributed by atoms with van der Waals surface area (Å²) in [6.45, 7) is 6.85. The van der Waals surface area contributed by atoms with Crippen molar-refractivity contribution >= 4 is 17.6 Å². The van der Waals surface area contributed by atoms with E-state index in [2.05, 4.69) is 22.5 Å². The highest BCUT2D eigenvalue weighted by Gasteiger charge is 2.31. The van der Waals surface area contributed by atoms with Crippen molar-refractivity contribution in [1.82, 2.24) is 10.6 Å². The number of nitrogens with zero attached hydrogens (tertiary/aromatic N) is 1. The number of unbranched alkanes of at least 4 members (excludes halogenated alkanes) is 3. The zero-order valence-electron chi connectivity index (χ0n) is 23.3. The average Bonchev–Trinajstić information content (AvgIpc) is 3.27. The van der Waals surface area contributed by atoms with Crippen LogP contribution in [0.4, 0.5) is 10.5 Å². The Labute approximate surface area is 236 Å². The second-order valence-electron chi connectivity index (χ2n) is 10.4. The quantitative estimate of drug-likeness (QED) is 0.197. The van der Waals surface area contributed by atoms with E-state index in [9.17, 15) is 14.7 Å². The van der Waals surface area contributed by atoms with Crippen LogP contribution in [0.1, 0.15) is 68.7 Å². The summed E-state index contributed by atoms with van der Waals surface area (Å²) < 4.78 is 17.2. The number of urea groups is 1. The summed E-state index contributed by atoms with van der Waals surface area (Å²) in [6, 6.07) is 12.5. The summed E-state index contributed by atoms with van der Waals surface area (Å²) in [5, 5.41) is 16.4. The van der Waals surface area contributed by atoms with E-state index in [4.69, 9.17) is 14.2 Å². The molecule has 2 aromatic carbocycles. The van der Waals surface area contributed by atoms with Gasteiger partial charge in [-0.2, -0.15) is 0 Å². The number of rotatable bonds is 13. The van der Waals surface area contributed by atoms with Crippen LogP contribution in [0.2, 0.25) is 0 Å². The highest BCUT2D eigenvalue weighted by atomic mass is 16.7. The van der Waals surface area contributed by atoms with Gasteiger partial charge in [0.2, 0.25) is 5.79 Å². The third-order valence-corrected chi connectivity index (χ3v) is 6.71. The maximum absolute atomic E-state index is 12.0. The third kappa shape index (κ3) is 8.29. The van der Waals surface area contributed by atoms with Gasteiger partial charge in [0, 0.05) is 44.5 Å². The number of para-hydroxylation sites is 1. The average molecular weight is 550 g/mol. The standard InChI is InChI=1S/C31H39N3O6/c1-31(2)39-22-25-19-24(14-15-28(25)40-31)27(35)20-32-16-8-3-4-9-17-38-18-10-7-12-23-11-5-6-13-26(23)34-29(36)21-33-30(34)37/h5-6,11,13-15,19,27,32,35H,3-4,8-10,16-18,20-22H2,1-2H3,(H,33,37)/t27-/m0/s1. The molecule has 2 aromatic rings. The Morgan fingerprint density at radius 1 is 1.12 bits per heavy atom. The highest BCUT2D eigenvalue weighted by Crippen LogP contribution is 2.32. The smallest absolute Gasteiger partial charge is 0.329 e. The summed E-state index contributed by atoms with van der Waals surface area (Å²) in [7, 11) is 0. The monoisotopic (exact) mass is 549 g/mol. The molecule has 40 heavy (non-hydrogen) atoms. The molecule has 2 heterocycles. The number of imide groups is 1. The summed E-state index contributed by atoms with van der Waals surface area (Å²) in [5.41, 5.74) is 2.97. The SMILES string of the molecule is CC1(C)OCc2cc([C@@H](O)CNCCCCCCOCCC#Cc3ccccc3N3C(=O)CNC3=O)ccc2O1. The Morgan fingerprint density at radius 3 is 2.77 bits per heavy atom. The van der Waals surface area contributed by atoms with Crippen molar-refractivity contribution in [3.05, 3.63) is 59.2 Å². The first-order valence-corrected chi connectivity index (χ1v) is 13.9. The lowest BCUT2D eigenvalue weighted by Crippen LogP contribution is -2.35. The molecule has 0 bridgehead atoms. The van der Waals surface area contributed by atoms with E-state index >= 15 is 0 Å². The van der Waals surface area contributed by atoms with Crippen molar-refractivity contribution < 1.29 is 28.9 Å². The maximum Gasteiger partial charge on any atom is 0.329 e. The van der Waals surface area contributed by atoms with Gasteiger partial charge in [0.05, 0.1) is 31.5 Å². The van der Waals surface area contributed by atoms with Gasteiger partial charge in [0.25, 0.3) is 5.91 Å². The maximum atomic E-state index is 12.0. The Hall–Kier alpha value is -3.42. The third-order valence-electron chi connectivity index (χ3n) is 6.71. The molecule has 0 aromatic heterocycles. The summed E-state index contributed by atoms with van der Waals surface area (Å²) in [5.74, 6) is 6.04. The number of benzene rings is 2. The van der Waals surface area contributed by atoms with Crippen LogP contribution in [0.5, 0.6) is 5.75 Å². The molecule has 3 amide bonds. The lowest BCUT2D eigenvalue weighted by Gasteiger charge is -2.33. The largest absolute Gasteiger partial charge is 0.463 e. The van der Waals surface area contributed by atoms with Crippen LogP contribution in [0.15, 0.2) is 42.5 Å². The normalized spacial score (nSPS) is 16.5. The minimum atomic E-state index is -0.622. The van der Waals surface area contributed by atoms with Gasteiger partial charge in [0.1, 0.15) is 5.75 Å². The molecule has 2 aliphatic rings. The number of carbonyl (C=O) groups excluding carboxylic acids is 2. The van der Waals surface area contributed by atoms with E-state index < -0.39 is 17.9 Å². The first-order chi connectivity index (χ1) is 19.3. The molecule has 0 unspecified atom stereocenters. The molecule has 2 aliphatic heterocycles. The van der Waals surface area contributed by atoms with Gasteiger partial charge in [0.15, 0.2) is 0 Å². The van der Waals surface area contributed by atoms with Gasteiger partial charge >= 0.3 is 6.03 Å². The van der Waals surface area contributed by atoms with Crippen LogP contribution < -0.4 is 20.3 Å². The van der Waals surface area contributed by atoms with Gasteiger partial charge in [-0.1, -0.05) is 42.9 Å². The van der Waals surface area contributed by atoms with Crippen LogP contribution in [-0.4, -0.2) is 55.7 Å². The topological polar surface area (TPSA) is 109 Å². The number of carbonyl (C=O) groups is 2. The van der Waals surface area contributed by atoms with E-state index in [0.717, 1.165) is 54.0 Å². The predicted octanol–water partition coefficient (Wildman–Crippen LogP) is 4.03. The van der Waals surface area contributed by atoms with Crippen molar-refractivity contribution in [2.45, 2.75) is 64.4 Å². The molecule has 3 N–H and O–H groups in total. The first kappa shape index (κ1) is 29.6. The molecule has 0 radical (unpaired) electrons. The number of amides is 3. The predicted molar refractivity (Wildman–Crippen MR) is 152 cm³/mol. The summed E-state index contributed by atoms with van der Waals surface area (Å²) in [6.07, 6.45) is 4.19.